The van der Waals surface area contributed by atoms with Crippen molar-refractivity contribution in [2.75, 3.05) is 12.4 Å². The molecule has 0 aliphatic rings. The average molecular weight is 346 g/mol. The fraction of sp³-hybridized carbons (Fsp3) is 0.188. The van der Waals surface area contributed by atoms with Gasteiger partial charge in [0.15, 0.2) is 0 Å². The topological polar surface area (TPSA) is 33.1 Å². The molecule has 0 saturated heterocycles. The number of hydrogen-bond acceptors (Lipinski definition) is 3. The van der Waals surface area contributed by atoms with Crippen LogP contribution in [0.2, 0.25) is 5.32 Å². The zero-order valence-electron chi connectivity index (χ0n) is 10.8. The first-order valence-electron chi connectivity index (χ1n) is 6.00. The summed E-state index contributed by atoms with van der Waals surface area (Å²) in [6, 6.07) is 8.14. The van der Waals surface area contributed by atoms with E-state index >= 15 is 0 Å². The predicted molar refractivity (Wildman–Crippen MR) is 86.4 cm³/mol. The second-order valence-corrected chi connectivity index (χ2v) is 6.85. The van der Waals surface area contributed by atoms with Crippen LogP contribution in [0.25, 0.3) is 10.9 Å². The number of nitrogens with zero attached hydrogens (tertiary/aromatic N) is 1. The van der Waals surface area contributed by atoms with E-state index in [9.17, 15) is 0 Å². The zero-order chi connectivity index (χ0) is 14.2. The fourth-order valence-electron chi connectivity index (χ4n) is 1.68. The third kappa shape index (κ3) is 3.79. The van der Waals surface area contributed by atoms with Crippen molar-refractivity contribution in [2.24, 2.45) is 0 Å². The average Bonchev–Trinajstić information content (AvgIpc) is 2.50. The third-order valence-corrected chi connectivity index (χ3v) is 5.88. The van der Waals surface area contributed by atoms with Crippen LogP contribution in [-0.2, 0) is 0 Å². The first-order chi connectivity index (χ1) is 9.86. The van der Waals surface area contributed by atoms with Gasteiger partial charge >= 0.3 is 129 Å². The number of terminal acetylenes is 1. The van der Waals surface area contributed by atoms with E-state index in [1.165, 1.54) is 9.85 Å². The van der Waals surface area contributed by atoms with E-state index in [4.69, 9.17) is 11.5 Å². The molecule has 0 radical (unpaired) electrons. The molecule has 1 heterocycles. The van der Waals surface area contributed by atoms with Crippen LogP contribution < -0.4 is 4.46 Å². The first-order valence-corrected chi connectivity index (χ1v) is 9.05. The number of hydrogen-bond donors (Lipinski definition) is 1. The number of benzene rings is 1. The molecule has 0 atom stereocenters. The molecule has 2 rings (SSSR count). The Hall–Kier alpha value is -1.42. The molecule has 0 aliphatic carbocycles. The summed E-state index contributed by atoms with van der Waals surface area (Å²) in [6.45, 7) is -0.0928. The second kappa shape index (κ2) is 8.00. The van der Waals surface area contributed by atoms with Crippen LogP contribution in [0.4, 0.5) is 0 Å². The molecule has 100 valence electrons. The van der Waals surface area contributed by atoms with Gasteiger partial charge in [0.05, 0.1) is 0 Å². The van der Waals surface area contributed by atoms with Crippen molar-refractivity contribution in [1.82, 2.24) is 4.98 Å². The molecule has 2 nitrogen and oxygen atoms in total. The normalized spacial score (nSPS) is 9.80. The van der Waals surface area contributed by atoms with Crippen molar-refractivity contribution in [3.8, 4) is 24.2 Å². The maximum absolute atomic E-state index is 8.66. The molecule has 2 aromatic rings. The maximum atomic E-state index is 8.66. The SMILES string of the molecule is C#CC[Se]c1c(SCC#CCO)cnc2ccccc12. The van der Waals surface area contributed by atoms with Gasteiger partial charge in [0.2, 0.25) is 0 Å². The van der Waals surface area contributed by atoms with Gasteiger partial charge in [-0.05, 0) is 0 Å². The van der Waals surface area contributed by atoms with Gasteiger partial charge in [-0.1, -0.05) is 0 Å². The van der Waals surface area contributed by atoms with Crippen LogP contribution in [0.1, 0.15) is 0 Å². The van der Waals surface area contributed by atoms with E-state index in [1.807, 2.05) is 24.4 Å². The van der Waals surface area contributed by atoms with Gasteiger partial charge in [-0.15, -0.1) is 0 Å². The molecule has 0 fully saturated rings. The summed E-state index contributed by atoms with van der Waals surface area (Å²) >= 11 is 1.89. The van der Waals surface area contributed by atoms with Crippen LogP contribution in [-0.4, -0.2) is 37.4 Å². The molecule has 0 bridgehead atoms. The number of para-hydroxylation sites is 1. The number of aromatic nitrogens is 1. The molecular weight excluding hydrogens is 333 g/mol. The Labute approximate surface area is 129 Å². The molecule has 0 amide bonds. The van der Waals surface area contributed by atoms with Gasteiger partial charge in [-0.2, -0.15) is 0 Å². The van der Waals surface area contributed by atoms with Gasteiger partial charge in [0.25, 0.3) is 0 Å². The molecule has 0 unspecified atom stereocenters. The summed E-state index contributed by atoms with van der Waals surface area (Å²) in [5.41, 5.74) is 1.01. The Balaban J connectivity index is 2.34. The van der Waals surface area contributed by atoms with E-state index in [-0.39, 0.29) is 21.6 Å². The van der Waals surface area contributed by atoms with E-state index in [2.05, 4.69) is 28.8 Å². The number of aliphatic hydroxyl groups excluding tert-OH is 1. The van der Waals surface area contributed by atoms with Crippen molar-refractivity contribution >= 4 is 42.1 Å². The van der Waals surface area contributed by atoms with Gasteiger partial charge in [-0.3, -0.25) is 0 Å². The minimum absolute atomic E-state index is 0.0928. The van der Waals surface area contributed by atoms with Crippen molar-refractivity contribution in [2.45, 2.75) is 10.2 Å². The second-order valence-electron chi connectivity index (χ2n) is 3.76. The Kier molecular flexibility index (Phi) is 5.99. The summed E-state index contributed by atoms with van der Waals surface area (Å²) in [4.78, 5) is 5.63. The van der Waals surface area contributed by atoms with Gasteiger partial charge in [0, 0.05) is 0 Å². The zero-order valence-corrected chi connectivity index (χ0v) is 13.3. The van der Waals surface area contributed by atoms with Crippen molar-refractivity contribution in [3.05, 3.63) is 30.5 Å². The summed E-state index contributed by atoms with van der Waals surface area (Å²) < 4.78 is 1.30. The van der Waals surface area contributed by atoms with E-state index in [0.717, 1.165) is 15.7 Å². The Morgan fingerprint density at radius 1 is 1.30 bits per heavy atom. The number of rotatable bonds is 4. The first kappa shape index (κ1) is 15.0. The van der Waals surface area contributed by atoms with Crippen molar-refractivity contribution in [1.29, 1.82) is 0 Å². The molecule has 1 N–H and O–H groups in total. The van der Waals surface area contributed by atoms with Gasteiger partial charge in [0.1, 0.15) is 0 Å². The van der Waals surface area contributed by atoms with Gasteiger partial charge < -0.3 is 0 Å². The van der Waals surface area contributed by atoms with E-state index < -0.39 is 0 Å². The van der Waals surface area contributed by atoms with Crippen LogP contribution in [0.15, 0.2) is 35.4 Å². The third-order valence-electron chi connectivity index (χ3n) is 2.50. The van der Waals surface area contributed by atoms with E-state index in [1.54, 1.807) is 11.8 Å². The molecule has 0 spiro atoms. The number of fused-ring (bicyclic) bond motifs is 1. The van der Waals surface area contributed by atoms with Crippen molar-refractivity contribution < 1.29 is 5.11 Å². The summed E-state index contributed by atoms with van der Waals surface area (Å²) in [7, 11) is 0. The number of thioether (sulfide) groups is 1. The molecule has 1 aromatic heterocycles. The fourth-order valence-corrected chi connectivity index (χ4v) is 4.63. The molecule has 4 heteroatoms. The Bertz CT molecular complexity index is 697. The summed E-state index contributed by atoms with van der Waals surface area (Å²) in [6.07, 6.45) is 7.31. The molecule has 1 aromatic carbocycles. The molecule has 0 saturated carbocycles. The van der Waals surface area contributed by atoms with Crippen LogP contribution in [0.3, 0.4) is 0 Å². The van der Waals surface area contributed by atoms with Crippen molar-refractivity contribution in [3.63, 3.8) is 0 Å². The molecule has 20 heavy (non-hydrogen) atoms. The quantitative estimate of drug-likeness (QED) is 0.520. The van der Waals surface area contributed by atoms with E-state index in [0.29, 0.717) is 5.75 Å². The Morgan fingerprint density at radius 3 is 2.95 bits per heavy atom. The predicted octanol–water partition coefficient (Wildman–Crippen LogP) is 1.70. The molecule has 0 aliphatic heterocycles. The number of pyridine rings is 1. The molecular formula is C16H13NOSSe. The monoisotopic (exact) mass is 347 g/mol. The number of aliphatic hydroxyl groups is 1. The minimum atomic E-state index is -0.0928. The van der Waals surface area contributed by atoms with Crippen LogP contribution in [0.5, 0.6) is 0 Å². The van der Waals surface area contributed by atoms with Crippen LogP contribution >= 0.6 is 11.8 Å². The Morgan fingerprint density at radius 2 is 2.15 bits per heavy atom. The summed E-state index contributed by atoms with van der Waals surface area (Å²) in [5.74, 6) is 8.95. The summed E-state index contributed by atoms with van der Waals surface area (Å²) in [5, 5.41) is 10.6. The standard InChI is InChI=1S/C16H13NOSSe/c1-2-11-20-16-13-7-3-4-8-14(13)17-12-15(16)19-10-6-5-9-18/h1,3-4,7-8,12,18H,9-11H2. The van der Waals surface area contributed by atoms with Gasteiger partial charge in [-0.25, -0.2) is 0 Å². The van der Waals surface area contributed by atoms with Crippen LogP contribution in [0, 0.1) is 24.2 Å².